The molecular formula is C13H20N2O4. The molecule has 6 heteroatoms. The monoisotopic (exact) mass is 268 g/mol. The van der Waals surface area contributed by atoms with Gasteiger partial charge in [-0.15, -0.1) is 0 Å². The van der Waals surface area contributed by atoms with E-state index in [1.807, 2.05) is 20.8 Å². The van der Waals surface area contributed by atoms with Crippen LogP contribution < -0.4 is 0 Å². The molecule has 1 fully saturated rings. The van der Waals surface area contributed by atoms with Gasteiger partial charge in [-0.2, -0.15) is 0 Å². The number of carbonyl (C=O) groups is 1. The molecular weight excluding hydrogens is 248 g/mol. The Morgan fingerprint density at radius 2 is 2.37 bits per heavy atom. The number of nitrogens with zero attached hydrogens (tertiary/aromatic N) is 2. The van der Waals surface area contributed by atoms with E-state index in [1.165, 1.54) is 0 Å². The molecule has 0 aromatic carbocycles. The predicted octanol–water partition coefficient (Wildman–Crippen LogP) is 2.24. The van der Waals surface area contributed by atoms with Crippen molar-refractivity contribution in [1.82, 2.24) is 10.1 Å². The second-order valence-electron chi connectivity index (χ2n) is 5.71. The fourth-order valence-corrected chi connectivity index (χ4v) is 2.16. The number of hydrogen-bond donors (Lipinski definition) is 1. The Morgan fingerprint density at radius 3 is 2.95 bits per heavy atom. The second kappa shape index (κ2) is 5.21. The first kappa shape index (κ1) is 13.9. The maximum Gasteiger partial charge on any atom is 0.410 e. The highest BCUT2D eigenvalue weighted by atomic mass is 16.6. The molecule has 1 atom stereocenters. The number of rotatable bonds is 2. The van der Waals surface area contributed by atoms with Gasteiger partial charge >= 0.3 is 6.09 Å². The van der Waals surface area contributed by atoms with Crippen molar-refractivity contribution < 1.29 is 19.2 Å². The summed E-state index contributed by atoms with van der Waals surface area (Å²) in [6, 6.07) is 1.54. The lowest BCUT2D eigenvalue weighted by Crippen LogP contribution is -2.36. The molecule has 19 heavy (non-hydrogen) atoms. The number of aliphatic hydroxyl groups excluding tert-OH is 1. The number of likely N-dealkylation sites (tertiary alicyclic amines) is 1. The van der Waals surface area contributed by atoms with E-state index in [2.05, 4.69) is 5.16 Å². The van der Waals surface area contributed by atoms with Crippen molar-refractivity contribution in [3.05, 3.63) is 17.5 Å². The van der Waals surface area contributed by atoms with Crippen LogP contribution in [0.3, 0.4) is 0 Å². The fraction of sp³-hybridized carbons (Fsp3) is 0.692. The van der Waals surface area contributed by atoms with Crippen LogP contribution in [0.5, 0.6) is 0 Å². The van der Waals surface area contributed by atoms with Gasteiger partial charge in [-0.3, -0.25) is 4.90 Å². The number of hydrogen-bond acceptors (Lipinski definition) is 5. The SMILES string of the molecule is CC(C)(C)OC(=O)N1CCC[C@H]1c1cc(CO)no1. The van der Waals surface area contributed by atoms with E-state index in [0.717, 1.165) is 12.8 Å². The molecule has 0 spiro atoms. The minimum Gasteiger partial charge on any atom is -0.444 e. The van der Waals surface area contributed by atoms with Crippen molar-refractivity contribution >= 4 is 6.09 Å². The smallest absolute Gasteiger partial charge is 0.410 e. The number of ether oxygens (including phenoxy) is 1. The van der Waals surface area contributed by atoms with Gasteiger partial charge in [-0.25, -0.2) is 4.79 Å². The number of aromatic nitrogens is 1. The highest BCUT2D eigenvalue weighted by Crippen LogP contribution is 2.33. The van der Waals surface area contributed by atoms with Crippen LogP contribution in [0.25, 0.3) is 0 Å². The van der Waals surface area contributed by atoms with E-state index >= 15 is 0 Å². The summed E-state index contributed by atoms with van der Waals surface area (Å²) < 4.78 is 10.6. The summed E-state index contributed by atoms with van der Waals surface area (Å²) in [5.41, 5.74) is -0.0342. The molecule has 0 radical (unpaired) electrons. The predicted molar refractivity (Wildman–Crippen MR) is 67.3 cm³/mol. The summed E-state index contributed by atoms with van der Waals surface area (Å²) in [6.45, 7) is 6.01. The van der Waals surface area contributed by atoms with Crippen molar-refractivity contribution in [2.75, 3.05) is 6.54 Å². The lowest BCUT2D eigenvalue weighted by Gasteiger charge is -2.27. The molecule has 1 aliphatic heterocycles. The lowest BCUT2D eigenvalue weighted by atomic mass is 10.1. The van der Waals surface area contributed by atoms with Crippen molar-refractivity contribution in [2.24, 2.45) is 0 Å². The summed E-state index contributed by atoms with van der Waals surface area (Å²) in [7, 11) is 0. The number of aliphatic hydroxyl groups is 1. The van der Waals surface area contributed by atoms with Crippen molar-refractivity contribution in [1.29, 1.82) is 0 Å². The van der Waals surface area contributed by atoms with Crippen molar-refractivity contribution in [3.63, 3.8) is 0 Å². The molecule has 6 nitrogen and oxygen atoms in total. The van der Waals surface area contributed by atoms with Gasteiger partial charge in [0.2, 0.25) is 0 Å². The van der Waals surface area contributed by atoms with Crippen LogP contribution in [0.2, 0.25) is 0 Å². The van der Waals surface area contributed by atoms with Crippen LogP contribution in [0.1, 0.15) is 51.1 Å². The van der Waals surface area contributed by atoms with E-state index in [0.29, 0.717) is 18.0 Å². The summed E-state index contributed by atoms with van der Waals surface area (Å²) in [5.74, 6) is 0.604. The maximum absolute atomic E-state index is 12.1. The summed E-state index contributed by atoms with van der Waals surface area (Å²) >= 11 is 0. The van der Waals surface area contributed by atoms with Gasteiger partial charge in [0.1, 0.15) is 11.3 Å². The molecule has 1 aromatic rings. The topological polar surface area (TPSA) is 75.8 Å². The molecule has 0 bridgehead atoms. The molecule has 1 aromatic heterocycles. The van der Waals surface area contributed by atoms with Crippen LogP contribution in [0.15, 0.2) is 10.6 Å². The van der Waals surface area contributed by atoms with Gasteiger partial charge in [-0.1, -0.05) is 5.16 Å². The largest absolute Gasteiger partial charge is 0.444 e. The van der Waals surface area contributed by atoms with E-state index in [9.17, 15) is 4.79 Å². The minimum absolute atomic E-state index is 0.150. The molecule has 0 saturated carbocycles. The average molecular weight is 268 g/mol. The normalized spacial score (nSPS) is 19.8. The molecule has 1 N–H and O–H groups in total. The highest BCUT2D eigenvalue weighted by molar-refractivity contribution is 5.69. The molecule has 0 aliphatic carbocycles. The lowest BCUT2D eigenvalue weighted by molar-refractivity contribution is 0.0204. The van der Waals surface area contributed by atoms with E-state index in [4.69, 9.17) is 14.4 Å². The number of amides is 1. The Labute approximate surface area is 112 Å². The third-order valence-electron chi connectivity index (χ3n) is 2.95. The van der Waals surface area contributed by atoms with Gasteiger partial charge in [-0.05, 0) is 33.6 Å². The van der Waals surface area contributed by atoms with E-state index in [1.54, 1.807) is 11.0 Å². The first-order chi connectivity index (χ1) is 8.90. The van der Waals surface area contributed by atoms with Gasteiger partial charge < -0.3 is 14.4 Å². The van der Waals surface area contributed by atoms with Gasteiger partial charge in [0.05, 0.1) is 12.6 Å². The second-order valence-corrected chi connectivity index (χ2v) is 5.71. The molecule has 106 valence electrons. The molecule has 2 rings (SSSR count). The molecule has 0 unspecified atom stereocenters. The molecule has 2 heterocycles. The zero-order valence-corrected chi connectivity index (χ0v) is 11.5. The third kappa shape index (κ3) is 3.26. The fourth-order valence-electron chi connectivity index (χ4n) is 2.16. The highest BCUT2D eigenvalue weighted by Gasteiger charge is 2.35. The Bertz CT molecular complexity index is 450. The molecule has 1 saturated heterocycles. The van der Waals surface area contributed by atoms with Crippen LogP contribution in [-0.4, -0.2) is 33.4 Å². The van der Waals surface area contributed by atoms with Crippen LogP contribution in [0.4, 0.5) is 4.79 Å². The zero-order valence-electron chi connectivity index (χ0n) is 11.5. The van der Waals surface area contributed by atoms with Gasteiger partial charge in [0.15, 0.2) is 5.76 Å². The molecule has 1 amide bonds. The Morgan fingerprint density at radius 1 is 1.63 bits per heavy atom. The summed E-state index contributed by atoms with van der Waals surface area (Å²) in [5, 5.41) is 12.7. The zero-order chi connectivity index (χ0) is 14.0. The van der Waals surface area contributed by atoms with Gasteiger partial charge in [0.25, 0.3) is 0 Å². The Hall–Kier alpha value is -1.56. The molecule has 1 aliphatic rings. The first-order valence-corrected chi connectivity index (χ1v) is 6.46. The Kier molecular flexibility index (Phi) is 3.80. The summed E-state index contributed by atoms with van der Waals surface area (Å²) in [4.78, 5) is 13.8. The minimum atomic E-state index is -0.512. The van der Waals surface area contributed by atoms with Gasteiger partial charge in [0, 0.05) is 12.6 Å². The van der Waals surface area contributed by atoms with E-state index < -0.39 is 5.60 Å². The maximum atomic E-state index is 12.1. The summed E-state index contributed by atoms with van der Waals surface area (Å²) in [6.07, 6.45) is 1.38. The van der Waals surface area contributed by atoms with Crippen LogP contribution >= 0.6 is 0 Å². The standard InChI is InChI=1S/C13H20N2O4/c1-13(2,3)18-12(17)15-6-4-5-10(15)11-7-9(8-16)14-19-11/h7,10,16H,4-6,8H2,1-3H3/t10-/m0/s1. The third-order valence-corrected chi connectivity index (χ3v) is 2.95. The van der Waals surface area contributed by atoms with Crippen LogP contribution in [-0.2, 0) is 11.3 Å². The van der Waals surface area contributed by atoms with Crippen molar-refractivity contribution in [3.8, 4) is 0 Å². The first-order valence-electron chi connectivity index (χ1n) is 6.46. The van der Waals surface area contributed by atoms with Crippen molar-refractivity contribution in [2.45, 2.75) is 51.9 Å². The van der Waals surface area contributed by atoms with Crippen LogP contribution in [0, 0.1) is 0 Å². The number of carbonyl (C=O) groups excluding carboxylic acids is 1. The average Bonchev–Trinajstić information content (AvgIpc) is 2.95. The Balaban J connectivity index is 2.10. The van der Waals surface area contributed by atoms with E-state index in [-0.39, 0.29) is 18.7 Å². The quantitative estimate of drug-likeness (QED) is 0.890.